The fourth-order valence-corrected chi connectivity index (χ4v) is 2.21. The van der Waals surface area contributed by atoms with Gasteiger partial charge in [-0.25, -0.2) is 18.9 Å². The average Bonchev–Trinajstić information content (AvgIpc) is 3.07. The Labute approximate surface area is 136 Å². The first kappa shape index (κ1) is 15.4. The third-order valence-electron chi connectivity index (χ3n) is 3.56. The highest BCUT2D eigenvalue weighted by Gasteiger charge is 2.12. The van der Waals surface area contributed by atoms with Crippen LogP contribution in [0.15, 0.2) is 42.9 Å². The van der Waals surface area contributed by atoms with Gasteiger partial charge >= 0.3 is 5.97 Å². The van der Waals surface area contributed by atoms with E-state index in [4.69, 9.17) is 5.11 Å². The molecule has 24 heavy (non-hydrogen) atoms. The molecule has 0 spiro atoms. The van der Waals surface area contributed by atoms with Crippen LogP contribution in [0.1, 0.15) is 21.5 Å². The van der Waals surface area contributed by atoms with Crippen LogP contribution in [0.2, 0.25) is 0 Å². The molecule has 0 unspecified atom stereocenters. The minimum Gasteiger partial charge on any atom is -0.478 e. The number of aryl methyl sites for hydroxylation is 1. The minimum atomic E-state index is -1.10. The maximum atomic E-state index is 13.8. The fourth-order valence-electron chi connectivity index (χ4n) is 2.21. The molecular weight excluding hydrogens is 311 g/mol. The van der Waals surface area contributed by atoms with Crippen molar-refractivity contribution >= 4 is 5.97 Å². The second-order valence-electron chi connectivity index (χ2n) is 5.14. The molecule has 0 atom stereocenters. The third kappa shape index (κ3) is 2.73. The first-order valence-corrected chi connectivity index (χ1v) is 6.94. The van der Waals surface area contributed by atoms with Crippen molar-refractivity contribution in [1.82, 2.24) is 14.8 Å². The Kier molecular flexibility index (Phi) is 3.80. The molecule has 0 aliphatic heterocycles. The molecule has 3 aromatic rings. The highest BCUT2D eigenvalue weighted by atomic mass is 19.1. The van der Waals surface area contributed by atoms with E-state index in [2.05, 4.69) is 10.1 Å². The summed E-state index contributed by atoms with van der Waals surface area (Å²) < 4.78 is 15.0. The zero-order valence-electron chi connectivity index (χ0n) is 12.6. The van der Waals surface area contributed by atoms with Crippen LogP contribution in [0.4, 0.5) is 4.39 Å². The molecule has 2 aromatic heterocycles. The van der Waals surface area contributed by atoms with E-state index in [1.807, 2.05) is 6.07 Å². The maximum absolute atomic E-state index is 13.8. The SMILES string of the molecule is Cc1ccc(-c2cnc(-n3cc(C(=O)O)cn3)cc2C#N)cc1F. The van der Waals surface area contributed by atoms with Crippen molar-refractivity contribution in [3.05, 3.63) is 65.4 Å². The molecule has 0 radical (unpaired) electrons. The lowest BCUT2D eigenvalue weighted by Gasteiger charge is -2.07. The van der Waals surface area contributed by atoms with Gasteiger partial charge < -0.3 is 5.11 Å². The summed E-state index contributed by atoms with van der Waals surface area (Å²) >= 11 is 0. The Hall–Kier alpha value is -3.53. The number of nitrogens with zero attached hydrogens (tertiary/aromatic N) is 4. The standard InChI is InChI=1S/C17H11FN4O2/c1-10-2-3-11(4-15(10)18)14-8-20-16(5-12(14)6-19)22-9-13(7-21-22)17(23)24/h2-5,7-9H,1H3,(H,23,24). The second kappa shape index (κ2) is 5.93. The molecule has 7 heteroatoms. The molecule has 6 nitrogen and oxygen atoms in total. The van der Waals surface area contributed by atoms with Crippen LogP contribution < -0.4 is 0 Å². The van der Waals surface area contributed by atoms with E-state index in [0.717, 1.165) is 0 Å². The number of aromatic carboxylic acids is 1. The van der Waals surface area contributed by atoms with Gasteiger partial charge in [-0.3, -0.25) is 0 Å². The van der Waals surface area contributed by atoms with Gasteiger partial charge in [0.1, 0.15) is 5.82 Å². The molecule has 0 bridgehead atoms. The summed E-state index contributed by atoms with van der Waals surface area (Å²) in [5, 5.41) is 22.2. The Balaban J connectivity index is 2.06. The first-order chi connectivity index (χ1) is 11.5. The van der Waals surface area contributed by atoms with Crippen molar-refractivity contribution in [2.45, 2.75) is 6.92 Å². The van der Waals surface area contributed by atoms with E-state index in [1.165, 1.54) is 35.4 Å². The van der Waals surface area contributed by atoms with E-state index in [0.29, 0.717) is 22.5 Å². The van der Waals surface area contributed by atoms with Crippen molar-refractivity contribution in [3.8, 4) is 23.0 Å². The van der Waals surface area contributed by atoms with Crippen molar-refractivity contribution in [2.75, 3.05) is 0 Å². The quantitative estimate of drug-likeness (QED) is 0.800. The number of nitriles is 1. The van der Waals surface area contributed by atoms with Crippen LogP contribution >= 0.6 is 0 Å². The zero-order valence-corrected chi connectivity index (χ0v) is 12.6. The minimum absolute atomic E-state index is 0.0139. The first-order valence-electron chi connectivity index (χ1n) is 6.94. The summed E-state index contributed by atoms with van der Waals surface area (Å²) in [5.74, 6) is -1.16. The van der Waals surface area contributed by atoms with Gasteiger partial charge in [-0.1, -0.05) is 12.1 Å². The average molecular weight is 322 g/mol. The van der Waals surface area contributed by atoms with E-state index >= 15 is 0 Å². The number of halogens is 1. The van der Waals surface area contributed by atoms with E-state index in [1.54, 1.807) is 19.1 Å². The van der Waals surface area contributed by atoms with Gasteiger partial charge in [0.2, 0.25) is 0 Å². The summed E-state index contributed by atoms with van der Waals surface area (Å²) in [6, 6.07) is 8.22. The van der Waals surface area contributed by atoms with E-state index < -0.39 is 5.97 Å². The number of aromatic nitrogens is 3. The predicted molar refractivity (Wildman–Crippen MR) is 83.2 cm³/mol. The highest BCUT2D eigenvalue weighted by Crippen LogP contribution is 2.25. The number of hydrogen-bond donors (Lipinski definition) is 1. The lowest BCUT2D eigenvalue weighted by molar-refractivity contribution is 0.0697. The normalized spacial score (nSPS) is 10.4. The van der Waals surface area contributed by atoms with Gasteiger partial charge in [0.05, 0.1) is 23.4 Å². The summed E-state index contributed by atoms with van der Waals surface area (Å²) in [6.07, 6.45) is 3.94. The Morgan fingerprint density at radius 3 is 2.75 bits per heavy atom. The molecular formula is C17H11FN4O2. The second-order valence-corrected chi connectivity index (χ2v) is 5.14. The summed E-state index contributed by atoms with van der Waals surface area (Å²) in [7, 11) is 0. The topological polar surface area (TPSA) is 91.8 Å². The largest absolute Gasteiger partial charge is 0.478 e. The van der Waals surface area contributed by atoms with Crippen LogP contribution in [-0.4, -0.2) is 25.8 Å². The number of benzene rings is 1. The van der Waals surface area contributed by atoms with Crippen LogP contribution in [0.5, 0.6) is 0 Å². The predicted octanol–water partition coefficient (Wildman–Crippen LogP) is 2.95. The third-order valence-corrected chi connectivity index (χ3v) is 3.56. The van der Waals surface area contributed by atoms with E-state index in [-0.39, 0.29) is 16.9 Å². The van der Waals surface area contributed by atoms with Crippen LogP contribution in [-0.2, 0) is 0 Å². The Morgan fingerprint density at radius 2 is 2.12 bits per heavy atom. The molecule has 2 heterocycles. The lowest BCUT2D eigenvalue weighted by Crippen LogP contribution is -2.00. The molecule has 0 saturated heterocycles. The summed E-state index contributed by atoms with van der Waals surface area (Å²) in [4.78, 5) is 15.1. The highest BCUT2D eigenvalue weighted by molar-refractivity contribution is 5.87. The molecule has 0 aliphatic carbocycles. The monoisotopic (exact) mass is 322 g/mol. The molecule has 0 fully saturated rings. The van der Waals surface area contributed by atoms with Crippen molar-refractivity contribution in [3.63, 3.8) is 0 Å². The van der Waals surface area contributed by atoms with Crippen LogP contribution in [0.25, 0.3) is 16.9 Å². The van der Waals surface area contributed by atoms with E-state index in [9.17, 15) is 14.4 Å². The Morgan fingerprint density at radius 1 is 1.33 bits per heavy atom. The van der Waals surface area contributed by atoms with Crippen LogP contribution in [0.3, 0.4) is 0 Å². The molecule has 3 rings (SSSR count). The smallest absolute Gasteiger partial charge is 0.338 e. The Bertz CT molecular complexity index is 988. The zero-order chi connectivity index (χ0) is 17.3. The van der Waals surface area contributed by atoms with Crippen LogP contribution in [0, 0.1) is 24.1 Å². The van der Waals surface area contributed by atoms with Gasteiger partial charge in [-0.15, -0.1) is 0 Å². The number of carbonyl (C=O) groups is 1. The molecule has 0 aliphatic rings. The number of pyridine rings is 1. The van der Waals surface area contributed by atoms with Gasteiger partial charge in [0, 0.05) is 24.0 Å². The number of hydrogen-bond acceptors (Lipinski definition) is 4. The number of carboxylic acid groups (broad SMARTS) is 1. The molecule has 0 saturated carbocycles. The summed E-state index contributed by atoms with van der Waals surface area (Å²) in [6.45, 7) is 1.66. The lowest BCUT2D eigenvalue weighted by atomic mass is 10.0. The molecule has 118 valence electrons. The molecule has 0 amide bonds. The number of rotatable bonds is 3. The maximum Gasteiger partial charge on any atom is 0.338 e. The van der Waals surface area contributed by atoms with Crippen molar-refractivity contribution in [2.24, 2.45) is 0 Å². The van der Waals surface area contributed by atoms with Gasteiger partial charge in [0.25, 0.3) is 0 Å². The molecule has 1 N–H and O–H groups in total. The van der Waals surface area contributed by atoms with Gasteiger partial charge in [-0.05, 0) is 24.1 Å². The summed E-state index contributed by atoms with van der Waals surface area (Å²) in [5.41, 5.74) is 1.85. The van der Waals surface area contributed by atoms with Crippen molar-refractivity contribution < 1.29 is 14.3 Å². The van der Waals surface area contributed by atoms with Gasteiger partial charge in [-0.2, -0.15) is 10.4 Å². The molecule has 1 aromatic carbocycles. The number of carboxylic acids is 1. The van der Waals surface area contributed by atoms with Crippen molar-refractivity contribution in [1.29, 1.82) is 5.26 Å². The fraction of sp³-hybridized carbons (Fsp3) is 0.0588. The van der Waals surface area contributed by atoms with Gasteiger partial charge in [0.15, 0.2) is 5.82 Å².